The van der Waals surface area contributed by atoms with Gasteiger partial charge in [0.15, 0.2) is 0 Å². The highest BCUT2D eigenvalue weighted by atomic mass is 16.1. The van der Waals surface area contributed by atoms with Gasteiger partial charge >= 0.3 is 5.69 Å². The molecular formula is C13H10N4O. The molecule has 0 bridgehead atoms. The number of fused-ring (bicyclic) bond motifs is 1. The lowest BCUT2D eigenvalue weighted by Gasteiger charge is -1.85. The Hall–Kier alpha value is -2.87. The lowest BCUT2D eigenvalue weighted by molar-refractivity contribution is 1.08. The van der Waals surface area contributed by atoms with Crippen LogP contribution in [0.4, 0.5) is 0 Å². The van der Waals surface area contributed by atoms with Crippen LogP contribution in [0.5, 0.6) is 0 Å². The molecule has 0 amide bonds. The minimum Gasteiger partial charge on any atom is -0.360 e. The van der Waals surface area contributed by atoms with E-state index < -0.39 is 0 Å². The number of benzene rings is 1. The van der Waals surface area contributed by atoms with Crippen LogP contribution in [0.2, 0.25) is 0 Å². The van der Waals surface area contributed by atoms with Crippen molar-refractivity contribution in [3.63, 3.8) is 0 Å². The number of H-pyrrole nitrogens is 2. The largest absolute Gasteiger partial charge is 0.360 e. The van der Waals surface area contributed by atoms with Crippen LogP contribution in [0.15, 0.2) is 53.7 Å². The van der Waals surface area contributed by atoms with Crippen molar-refractivity contribution in [2.24, 2.45) is 0 Å². The molecule has 2 heterocycles. The maximum absolute atomic E-state index is 10.1. The van der Waals surface area contributed by atoms with Gasteiger partial charge in [-0.1, -0.05) is 18.2 Å². The first-order chi connectivity index (χ1) is 8.81. The van der Waals surface area contributed by atoms with E-state index in [-0.39, 0.29) is 5.69 Å². The van der Waals surface area contributed by atoms with Crippen LogP contribution in [-0.4, -0.2) is 15.0 Å². The third-order valence-electron chi connectivity index (χ3n) is 2.29. The third kappa shape index (κ3) is 2.62. The molecule has 0 saturated heterocycles. The normalized spacial score (nSPS) is 9.28. The number of aromatic nitrogens is 3. The molecule has 88 valence electrons. The Labute approximate surface area is 103 Å². The van der Waals surface area contributed by atoms with Gasteiger partial charge in [-0.2, -0.15) is 5.26 Å². The molecule has 0 aliphatic carbocycles. The summed E-state index contributed by atoms with van der Waals surface area (Å²) in [6, 6.07) is 11.5. The zero-order valence-corrected chi connectivity index (χ0v) is 9.42. The molecule has 2 aromatic heterocycles. The molecule has 3 rings (SSSR count). The van der Waals surface area contributed by atoms with Crippen molar-refractivity contribution < 1.29 is 0 Å². The van der Waals surface area contributed by atoms with Gasteiger partial charge in [-0.25, -0.2) is 9.78 Å². The van der Waals surface area contributed by atoms with Crippen LogP contribution >= 0.6 is 0 Å². The van der Waals surface area contributed by atoms with Crippen molar-refractivity contribution in [2.45, 2.75) is 0 Å². The highest BCUT2D eigenvalue weighted by Gasteiger charge is 1.98. The van der Waals surface area contributed by atoms with Crippen molar-refractivity contribution in [1.82, 2.24) is 15.0 Å². The zero-order valence-electron chi connectivity index (χ0n) is 9.42. The summed E-state index contributed by atoms with van der Waals surface area (Å²) in [5, 5.41) is 9.65. The maximum atomic E-state index is 10.1. The number of hydrogen-bond donors (Lipinski definition) is 2. The highest BCUT2D eigenvalue weighted by Crippen LogP contribution is 2.15. The van der Waals surface area contributed by atoms with Gasteiger partial charge in [-0.15, -0.1) is 0 Å². The molecule has 0 fully saturated rings. The van der Waals surface area contributed by atoms with Crippen LogP contribution in [-0.2, 0) is 0 Å². The van der Waals surface area contributed by atoms with E-state index >= 15 is 0 Å². The molecule has 0 aliphatic rings. The topological polar surface area (TPSA) is 85.3 Å². The molecule has 3 aromatic rings. The van der Waals surface area contributed by atoms with E-state index in [1.54, 1.807) is 12.3 Å². The molecule has 0 unspecified atom stereocenters. The second kappa shape index (κ2) is 5.46. The third-order valence-corrected chi connectivity index (χ3v) is 2.29. The zero-order chi connectivity index (χ0) is 12.8. The second-order valence-corrected chi connectivity index (χ2v) is 3.45. The number of nitrogens with zero attached hydrogens (tertiary/aromatic N) is 2. The summed E-state index contributed by atoms with van der Waals surface area (Å²) in [5.74, 6) is 0. The SMILES string of the molecule is N#Cc1c[nH]c2ccccc12.O=c1nccc[nH]1. The van der Waals surface area contributed by atoms with Gasteiger partial charge in [-0.05, 0) is 12.1 Å². The van der Waals surface area contributed by atoms with E-state index in [0.717, 1.165) is 10.9 Å². The number of rotatable bonds is 0. The fraction of sp³-hybridized carbons (Fsp3) is 0. The summed E-state index contributed by atoms with van der Waals surface area (Å²) in [5.41, 5.74) is 1.42. The first-order valence-corrected chi connectivity index (χ1v) is 5.27. The smallest absolute Gasteiger partial charge is 0.344 e. The molecule has 0 spiro atoms. The van der Waals surface area contributed by atoms with Crippen LogP contribution in [0, 0.1) is 11.3 Å². The van der Waals surface area contributed by atoms with Crippen molar-refractivity contribution in [3.8, 4) is 6.07 Å². The second-order valence-electron chi connectivity index (χ2n) is 3.45. The van der Waals surface area contributed by atoms with E-state index in [1.165, 1.54) is 12.4 Å². The molecule has 1 aromatic carbocycles. The van der Waals surface area contributed by atoms with Gasteiger partial charge in [0.05, 0.1) is 5.56 Å². The fourth-order valence-corrected chi connectivity index (χ4v) is 1.47. The van der Waals surface area contributed by atoms with Crippen LogP contribution in [0.1, 0.15) is 5.56 Å². The molecule has 18 heavy (non-hydrogen) atoms. The van der Waals surface area contributed by atoms with Crippen LogP contribution in [0.25, 0.3) is 10.9 Å². The Bertz CT molecular complexity index is 719. The fourth-order valence-electron chi connectivity index (χ4n) is 1.47. The average Bonchev–Trinajstić information content (AvgIpc) is 2.83. The molecule has 0 saturated carbocycles. The van der Waals surface area contributed by atoms with Crippen LogP contribution < -0.4 is 5.69 Å². The monoisotopic (exact) mass is 238 g/mol. The summed E-state index contributed by atoms with van der Waals surface area (Å²) in [6.45, 7) is 0. The first kappa shape index (κ1) is 11.6. The predicted molar refractivity (Wildman–Crippen MR) is 67.9 cm³/mol. The first-order valence-electron chi connectivity index (χ1n) is 5.27. The average molecular weight is 238 g/mol. The standard InChI is InChI=1S/C9H6N2.C4H4N2O/c10-5-7-6-11-9-4-2-1-3-8(7)9;7-4-5-2-1-3-6-4/h1-4,6,11H;1-3H,(H,5,6,7). The molecule has 0 radical (unpaired) electrons. The maximum Gasteiger partial charge on any atom is 0.344 e. The highest BCUT2D eigenvalue weighted by molar-refractivity contribution is 5.85. The van der Waals surface area contributed by atoms with Crippen molar-refractivity contribution in [1.29, 1.82) is 5.26 Å². The van der Waals surface area contributed by atoms with Crippen molar-refractivity contribution in [3.05, 3.63) is 65.0 Å². The molecular weight excluding hydrogens is 228 g/mol. The molecule has 2 N–H and O–H groups in total. The van der Waals surface area contributed by atoms with E-state index in [0.29, 0.717) is 5.56 Å². The Morgan fingerprint density at radius 3 is 2.61 bits per heavy atom. The minimum absolute atomic E-state index is 0.303. The molecule has 5 nitrogen and oxygen atoms in total. The number of aromatic amines is 2. The summed E-state index contributed by atoms with van der Waals surface area (Å²) in [4.78, 5) is 18.9. The lowest BCUT2D eigenvalue weighted by Crippen LogP contribution is -2.05. The summed E-state index contributed by atoms with van der Waals surface area (Å²) in [7, 11) is 0. The van der Waals surface area contributed by atoms with Gasteiger partial charge in [0, 0.05) is 29.5 Å². The molecule has 5 heteroatoms. The Balaban J connectivity index is 0.000000149. The quantitative estimate of drug-likeness (QED) is 0.626. The van der Waals surface area contributed by atoms with Crippen molar-refractivity contribution >= 4 is 10.9 Å². The van der Waals surface area contributed by atoms with Gasteiger partial charge < -0.3 is 9.97 Å². The predicted octanol–water partition coefficient (Wildman–Crippen LogP) is 1.81. The van der Waals surface area contributed by atoms with Crippen LogP contribution in [0.3, 0.4) is 0 Å². The lowest BCUT2D eigenvalue weighted by atomic mass is 10.2. The van der Waals surface area contributed by atoms with E-state index in [1.807, 2.05) is 24.3 Å². The summed E-state index contributed by atoms with van der Waals surface area (Å²) in [6.07, 6.45) is 4.71. The van der Waals surface area contributed by atoms with E-state index in [2.05, 4.69) is 21.0 Å². The van der Waals surface area contributed by atoms with E-state index in [9.17, 15) is 4.79 Å². The van der Waals surface area contributed by atoms with Gasteiger partial charge in [-0.3, -0.25) is 0 Å². The Kier molecular flexibility index (Phi) is 3.52. The van der Waals surface area contributed by atoms with Gasteiger partial charge in [0.1, 0.15) is 6.07 Å². The minimum atomic E-state index is -0.303. The molecule has 0 aliphatic heterocycles. The Morgan fingerprint density at radius 2 is 2.00 bits per heavy atom. The summed E-state index contributed by atoms with van der Waals surface area (Å²) < 4.78 is 0. The molecule has 0 atom stereocenters. The van der Waals surface area contributed by atoms with Gasteiger partial charge in [0.25, 0.3) is 0 Å². The summed E-state index contributed by atoms with van der Waals surface area (Å²) >= 11 is 0. The number of para-hydroxylation sites is 1. The number of nitrogens with one attached hydrogen (secondary N) is 2. The van der Waals surface area contributed by atoms with Crippen molar-refractivity contribution in [2.75, 3.05) is 0 Å². The number of nitriles is 1. The number of hydrogen-bond acceptors (Lipinski definition) is 3. The van der Waals surface area contributed by atoms with E-state index in [4.69, 9.17) is 5.26 Å². The van der Waals surface area contributed by atoms with Gasteiger partial charge in [0.2, 0.25) is 0 Å². The Morgan fingerprint density at radius 1 is 1.17 bits per heavy atom.